The number of fused-ring (bicyclic) bond motifs is 8. The molecule has 0 aromatic carbocycles. The molecule has 1 fully saturated rings. The van der Waals surface area contributed by atoms with E-state index in [1.165, 1.54) is 21.3 Å². The topological polar surface area (TPSA) is 182 Å². The quantitative estimate of drug-likeness (QED) is 0.174. The summed E-state index contributed by atoms with van der Waals surface area (Å²) in [6, 6.07) is 0. The van der Waals surface area contributed by atoms with Crippen LogP contribution in [-0.2, 0) is 39.8 Å². The van der Waals surface area contributed by atoms with Crippen LogP contribution in [0.1, 0.15) is 62.5 Å². The van der Waals surface area contributed by atoms with E-state index in [1.807, 2.05) is 52.0 Å². The molecule has 1 aromatic rings. The van der Waals surface area contributed by atoms with E-state index in [9.17, 15) is 24.3 Å². The van der Waals surface area contributed by atoms with Crippen molar-refractivity contribution in [3.63, 3.8) is 0 Å². The monoisotopic (exact) mass is 734 g/mol. The molecule has 2 atom stereocenters. The van der Waals surface area contributed by atoms with Crippen molar-refractivity contribution < 1.29 is 38.5 Å². The van der Waals surface area contributed by atoms with Crippen LogP contribution in [0.5, 0.6) is 0 Å². The molecule has 0 amide bonds. The zero-order valence-corrected chi connectivity index (χ0v) is 31.7. The number of aliphatic carboxylic acids is 1. The first kappa shape index (κ1) is 39.0. The molecule has 0 radical (unpaired) electrons. The number of hydrogen-bond acceptors (Lipinski definition) is 10. The smallest absolute Gasteiger partial charge is 0.334 e. The van der Waals surface area contributed by atoms with Gasteiger partial charge in [-0.15, -0.1) is 0 Å². The van der Waals surface area contributed by atoms with Gasteiger partial charge < -0.3 is 35.4 Å². The summed E-state index contributed by atoms with van der Waals surface area (Å²) >= 11 is 0. The van der Waals surface area contributed by atoms with Crippen molar-refractivity contribution in [2.24, 2.45) is 22.1 Å². The zero-order chi connectivity index (χ0) is 39.6. The van der Waals surface area contributed by atoms with E-state index < -0.39 is 29.2 Å². The Morgan fingerprint density at radius 1 is 0.963 bits per heavy atom. The summed E-state index contributed by atoms with van der Waals surface area (Å²) in [5.41, 5.74) is 15.6. The molecule has 4 aliphatic rings. The van der Waals surface area contributed by atoms with E-state index in [0.29, 0.717) is 68.6 Å². The maximum atomic E-state index is 13.7. The number of carbonyl (C=O) groups is 4. The fourth-order valence-electron chi connectivity index (χ4n) is 7.49. The predicted molar refractivity (Wildman–Crippen MR) is 206 cm³/mol. The molecular weight excluding hydrogens is 688 g/mol. The molecule has 5 rings (SSSR count). The molecule has 5 N–H and O–H groups in total. The molecule has 12 nitrogen and oxygen atoms in total. The van der Waals surface area contributed by atoms with E-state index in [-0.39, 0.29) is 30.8 Å². The second kappa shape index (κ2) is 15.4. The van der Waals surface area contributed by atoms with Crippen molar-refractivity contribution >= 4 is 41.7 Å². The lowest BCUT2D eigenvalue weighted by Crippen LogP contribution is -2.41. The molecule has 1 aliphatic carbocycles. The minimum atomic E-state index is -1.18. The third-order valence-corrected chi connectivity index (χ3v) is 10.7. The van der Waals surface area contributed by atoms with Gasteiger partial charge in [-0.05, 0) is 104 Å². The highest BCUT2D eigenvalue weighted by atomic mass is 16.5. The number of aromatic nitrogens is 1. The van der Waals surface area contributed by atoms with E-state index in [4.69, 9.17) is 24.9 Å². The number of H-pyrrole nitrogens is 1. The van der Waals surface area contributed by atoms with Crippen LogP contribution in [0.3, 0.4) is 0 Å². The van der Waals surface area contributed by atoms with Gasteiger partial charge >= 0.3 is 23.9 Å². The Labute approximate surface area is 314 Å². The normalized spacial score (nSPS) is 26.1. The average Bonchev–Trinajstić information content (AvgIpc) is 3.70. The minimum Gasteiger partial charge on any atom is -0.481 e. The molecule has 0 saturated carbocycles. The number of nitrogens with two attached hydrogens (primary N) is 1. The predicted octanol–water partition coefficient (Wildman–Crippen LogP) is 5.98. The molecule has 3 aliphatic heterocycles. The molecule has 54 heavy (non-hydrogen) atoms. The van der Waals surface area contributed by atoms with Crippen LogP contribution in [-0.4, -0.2) is 61.0 Å². The van der Waals surface area contributed by atoms with Gasteiger partial charge in [0.05, 0.1) is 43.7 Å². The Kier molecular flexibility index (Phi) is 11.2. The number of nitrogens with zero attached hydrogens (tertiary/aromatic N) is 1. The van der Waals surface area contributed by atoms with Crippen molar-refractivity contribution in [1.82, 2.24) is 10.3 Å². The van der Waals surface area contributed by atoms with Gasteiger partial charge in [-0.1, -0.05) is 31.4 Å². The average molecular weight is 735 g/mol. The maximum Gasteiger partial charge on any atom is 0.334 e. The van der Waals surface area contributed by atoms with Crippen molar-refractivity contribution in [1.29, 1.82) is 0 Å². The lowest BCUT2D eigenvalue weighted by molar-refractivity contribution is -0.150. The van der Waals surface area contributed by atoms with Crippen molar-refractivity contribution in [3.05, 3.63) is 128 Å². The number of carboxylic acid groups (broad SMARTS) is 1. The van der Waals surface area contributed by atoms with E-state index >= 15 is 0 Å². The summed E-state index contributed by atoms with van der Waals surface area (Å²) in [5.74, 6) is -3.75. The molecule has 4 heterocycles. The molecule has 12 heteroatoms. The van der Waals surface area contributed by atoms with E-state index in [2.05, 4.69) is 23.5 Å². The fourth-order valence-corrected chi connectivity index (χ4v) is 7.49. The van der Waals surface area contributed by atoms with Crippen molar-refractivity contribution in [2.45, 2.75) is 53.4 Å². The Balaban J connectivity index is 1.87. The molecule has 0 spiro atoms. The van der Waals surface area contributed by atoms with Crippen LogP contribution in [0.25, 0.3) is 12.2 Å². The van der Waals surface area contributed by atoms with Crippen LogP contribution < -0.4 is 11.1 Å². The highest BCUT2D eigenvalue weighted by molar-refractivity contribution is 6.13. The van der Waals surface area contributed by atoms with Gasteiger partial charge in [-0.25, -0.2) is 9.79 Å². The highest BCUT2D eigenvalue weighted by Crippen LogP contribution is 2.55. The first-order chi connectivity index (χ1) is 25.6. The summed E-state index contributed by atoms with van der Waals surface area (Å²) in [7, 11) is 3.86. The Morgan fingerprint density at radius 3 is 2.31 bits per heavy atom. The first-order valence-electron chi connectivity index (χ1n) is 17.4. The SMILES string of the molecule is C=CC1=C(/C)C(=C)/C=C2\N/C(=C\C3=NC(=C\c4[nH]c(c(C)c4CCC(=O)OC)\C=C\1N)/C(CCC(=O)O)=C3C)[C@]1(C)C2=CC=C(C(=O)OC)C1C(=O)OC. The summed E-state index contributed by atoms with van der Waals surface area (Å²) in [4.78, 5) is 59.4. The second-order valence-electron chi connectivity index (χ2n) is 13.6. The van der Waals surface area contributed by atoms with Gasteiger partial charge in [-0.2, -0.15) is 0 Å². The Bertz CT molecular complexity index is 2180. The number of nitrogens with one attached hydrogen (secondary N) is 2. The summed E-state index contributed by atoms with van der Waals surface area (Å²) in [5, 5.41) is 13.2. The number of esters is 3. The number of carboxylic acids is 1. The molecule has 1 unspecified atom stereocenters. The number of carbonyl (C=O) groups excluding carboxylic acids is 3. The number of ether oxygens (including phenoxy) is 3. The number of methoxy groups -OCH3 is 3. The fraction of sp³-hybridized carbons (Fsp3) is 0.310. The van der Waals surface area contributed by atoms with E-state index in [1.54, 1.807) is 18.2 Å². The van der Waals surface area contributed by atoms with Gasteiger partial charge in [0.2, 0.25) is 0 Å². The number of hydrogen-bond donors (Lipinski definition) is 4. The lowest BCUT2D eigenvalue weighted by Gasteiger charge is -2.36. The van der Waals surface area contributed by atoms with Gasteiger partial charge in [0.25, 0.3) is 0 Å². The van der Waals surface area contributed by atoms with Crippen LogP contribution in [0.4, 0.5) is 0 Å². The molecule has 1 saturated heterocycles. The molecular formula is C42H46N4O8. The number of rotatable bonds is 9. The van der Waals surface area contributed by atoms with Gasteiger partial charge in [0.1, 0.15) is 5.92 Å². The minimum absolute atomic E-state index is 0.120. The maximum absolute atomic E-state index is 13.7. The lowest BCUT2D eigenvalue weighted by atomic mass is 9.64. The van der Waals surface area contributed by atoms with Gasteiger partial charge in [-0.3, -0.25) is 14.4 Å². The number of allylic oxidation sites excluding steroid dienone is 11. The van der Waals surface area contributed by atoms with E-state index in [0.717, 1.165) is 22.3 Å². The van der Waals surface area contributed by atoms with Crippen LogP contribution in [0.2, 0.25) is 0 Å². The number of aromatic amines is 1. The van der Waals surface area contributed by atoms with Crippen LogP contribution in [0, 0.1) is 18.3 Å². The summed E-state index contributed by atoms with van der Waals surface area (Å²) in [6.07, 6.45) is 12.9. The largest absolute Gasteiger partial charge is 0.481 e. The Morgan fingerprint density at radius 2 is 1.69 bits per heavy atom. The molecule has 282 valence electrons. The Hall–Kier alpha value is -6.17. The highest BCUT2D eigenvalue weighted by Gasteiger charge is 2.55. The van der Waals surface area contributed by atoms with Crippen molar-refractivity contribution in [2.75, 3.05) is 21.3 Å². The molecule has 1 aromatic heterocycles. The third kappa shape index (κ3) is 6.99. The number of aliphatic imine (C=N–C) groups is 1. The second-order valence-corrected chi connectivity index (χ2v) is 13.6. The summed E-state index contributed by atoms with van der Waals surface area (Å²) in [6.45, 7) is 15.9. The van der Waals surface area contributed by atoms with Crippen molar-refractivity contribution in [3.8, 4) is 0 Å². The third-order valence-electron chi connectivity index (χ3n) is 10.7. The first-order valence-corrected chi connectivity index (χ1v) is 17.4. The molecule has 6 bridgehead atoms. The zero-order valence-electron chi connectivity index (χ0n) is 31.7. The van der Waals surface area contributed by atoms with Crippen LogP contribution >= 0.6 is 0 Å². The summed E-state index contributed by atoms with van der Waals surface area (Å²) < 4.78 is 15.3. The standard InChI is InChI=1S/C42H46N4O8/c1-10-25-22(3)21(2)17-35-29-14-11-28(40(50)53-8)39(41(51)54-9)42(29,6)36(46-35)20-32-24(5)26(12-15-37(47)48)33(45-32)19-34-27(13-16-38(49)52-7)23(4)31(44-34)18-30(25)43/h10-11,14,17-20,39,44,46H,1-2,12-13,15-16,43H2,3-9H3,(H,47,48)/b25-22+,30-18-,33-19-,35-17-,36-20-/t39?,42-/m0/s1. The van der Waals surface area contributed by atoms with Gasteiger partial charge in [0.15, 0.2) is 0 Å². The van der Waals surface area contributed by atoms with Gasteiger partial charge in [0, 0.05) is 46.9 Å². The van der Waals surface area contributed by atoms with Crippen LogP contribution in [0.15, 0.2) is 110 Å².